The Hall–Kier alpha value is -3.16. The monoisotopic (exact) mass is 352 g/mol. The number of aromatic nitrogens is 5. The Morgan fingerprint density at radius 3 is 2.96 bits per heavy atom. The lowest BCUT2D eigenvalue weighted by molar-refractivity contribution is -0.122. The van der Waals surface area contributed by atoms with E-state index in [0.717, 1.165) is 23.6 Å². The van der Waals surface area contributed by atoms with Gasteiger partial charge in [-0.05, 0) is 12.8 Å². The Labute approximate surface area is 149 Å². The van der Waals surface area contributed by atoms with Crippen LogP contribution in [-0.4, -0.2) is 36.3 Å². The van der Waals surface area contributed by atoms with Gasteiger partial charge in [0.15, 0.2) is 0 Å². The third kappa shape index (κ3) is 3.30. The molecule has 1 atom stereocenters. The third-order valence-corrected chi connectivity index (χ3v) is 4.68. The van der Waals surface area contributed by atoms with E-state index in [4.69, 9.17) is 0 Å². The van der Waals surface area contributed by atoms with Crippen LogP contribution in [0.3, 0.4) is 0 Å². The normalized spacial score (nSPS) is 16.7. The molecule has 4 rings (SSSR count). The highest BCUT2D eigenvalue weighted by Crippen LogP contribution is 2.17. The van der Waals surface area contributed by atoms with Gasteiger partial charge in [-0.15, -0.1) is 0 Å². The number of carbonyl (C=O) groups excluding carboxylic acids is 1. The van der Waals surface area contributed by atoms with Crippen LogP contribution in [0.5, 0.6) is 0 Å². The van der Waals surface area contributed by atoms with Crippen LogP contribution in [0.1, 0.15) is 18.7 Å². The summed E-state index contributed by atoms with van der Waals surface area (Å²) in [5.41, 5.74) is 0.794. The summed E-state index contributed by atoms with van der Waals surface area (Å²) in [6, 6.07) is 9.83. The fourth-order valence-electron chi connectivity index (χ4n) is 3.36. The Bertz CT molecular complexity index is 955. The third-order valence-electron chi connectivity index (χ3n) is 4.68. The van der Waals surface area contributed by atoms with Crippen LogP contribution >= 0.6 is 0 Å². The molecule has 0 bridgehead atoms. The van der Waals surface area contributed by atoms with Crippen molar-refractivity contribution < 1.29 is 4.79 Å². The van der Waals surface area contributed by atoms with Crippen molar-refractivity contribution in [2.45, 2.75) is 38.4 Å². The van der Waals surface area contributed by atoms with Gasteiger partial charge in [0.1, 0.15) is 18.2 Å². The van der Waals surface area contributed by atoms with Crippen LogP contribution in [0.25, 0.3) is 11.4 Å². The predicted molar refractivity (Wildman–Crippen MR) is 95.4 cm³/mol. The van der Waals surface area contributed by atoms with Crippen LogP contribution in [0.15, 0.2) is 47.5 Å². The number of imidazole rings is 1. The summed E-state index contributed by atoms with van der Waals surface area (Å²) < 4.78 is 3.49. The quantitative estimate of drug-likeness (QED) is 0.731. The van der Waals surface area contributed by atoms with Crippen molar-refractivity contribution in [1.82, 2.24) is 29.6 Å². The Morgan fingerprint density at radius 2 is 2.12 bits per heavy atom. The standard InChI is InChI=1S/C18H20N6O2/c25-16(12-23-11-9-19-17(23)13-4-2-1-3-5-13)20-14-6-7-15-21-22-18(26)24(15)10-8-14/h1-5,9,11,14H,6-8,10,12H2,(H,20,25)(H,22,26). The highest BCUT2D eigenvalue weighted by molar-refractivity contribution is 5.76. The number of rotatable bonds is 4. The highest BCUT2D eigenvalue weighted by atomic mass is 16.2. The van der Waals surface area contributed by atoms with E-state index in [1.807, 2.05) is 41.1 Å². The van der Waals surface area contributed by atoms with E-state index < -0.39 is 0 Å². The summed E-state index contributed by atoms with van der Waals surface area (Å²) >= 11 is 0. The van der Waals surface area contributed by atoms with Gasteiger partial charge in [0.2, 0.25) is 5.91 Å². The van der Waals surface area contributed by atoms with Crippen molar-refractivity contribution in [3.8, 4) is 11.4 Å². The van der Waals surface area contributed by atoms with E-state index in [9.17, 15) is 9.59 Å². The van der Waals surface area contributed by atoms with Crippen molar-refractivity contribution in [2.75, 3.05) is 0 Å². The molecule has 0 aliphatic carbocycles. The fourth-order valence-corrected chi connectivity index (χ4v) is 3.36. The second-order valence-electron chi connectivity index (χ2n) is 6.43. The summed E-state index contributed by atoms with van der Waals surface area (Å²) in [6.07, 6.45) is 5.67. The number of nitrogens with zero attached hydrogens (tertiary/aromatic N) is 4. The number of hydrogen-bond donors (Lipinski definition) is 2. The SMILES string of the molecule is O=C(Cn1ccnc1-c1ccccc1)NC1CCc2n[nH]c(=O)n2CC1. The topological polar surface area (TPSA) is 97.6 Å². The molecule has 0 spiro atoms. The van der Waals surface area contributed by atoms with Crippen molar-refractivity contribution in [2.24, 2.45) is 0 Å². The number of carbonyl (C=O) groups is 1. The first kappa shape index (κ1) is 16.3. The maximum atomic E-state index is 12.5. The molecule has 0 saturated heterocycles. The maximum Gasteiger partial charge on any atom is 0.343 e. The van der Waals surface area contributed by atoms with E-state index in [1.54, 1.807) is 10.8 Å². The molecular weight excluding hydrogens is 332 g/mol. The first-order valence-corrected chi connectivity index (χ1v) is 8.71. The average molecular weight is 352 g/mol. The predicted octanol–water partition coefficient (Wildman–Crippen LogP) is 0.956. The molecule has 1 aromatic carbocycles. The minimum absolute atomic E-state index is 0.0345. The molecule has 26 heavy (non-hydrogen) atoms. The van der Waals surface area contributed by atoms with Gasteiger partial charge in [-0.25, -0.2) is 14.9 Å². The number of nitrogens with one attached hydrogen (secondary N) is 2. The zero-order valence-corrected chi connectivity index (χ0v) is 14.3. The summed E-state index contributed by atoms with van der Waals surface area (Å²) in [5.74, 6) is 1.47. The van der Waals surface area contributed by atoms with Crippen LogP contribution in [0.2, 0.25) is 0 Å². The zero-order chi connectivity index (χ0) is 17.9. The second kappa shape index (κ2) is 6.99. The van der Waals surface area contributed by atoms with Gasteiger partial charge in [0.05, 0.1) is 0 Å². The second-order valence-corrected chi connectivity index (χ2v) is 6.43. The first-order chi connectivity index (χ1) is 12.7. The van der Waals surface area contributed by atoms with Gasteiger partial charge in [-0.2, -0.15) is 5.10 Å². The Kier molecular flexibility index (Phi) is 4.39. The molecule has 134 valence electrons. The number of fused-ring (bicyclic) bond motifs is 1. The van der Waals surface area contributed by atoms with Crippen molar-refractivity contribution in [1.29, 1.82) is 0 Å². The van der Waals surface area contributed by atoms with Gasteiger partial charge in [0, 0.05) is 37.0 Å². The lowest BCUT2D eigenvalue weighted by Crippen LogP contribution is -2.37. The minimum atomic E-state index is -0.183. The summed E-state index contributed by atoms with van der Waals surface area (Å²) in [5, 5.41) is 9.59. The van der Waals surface area contributed by atoms with Crippen LogP contribution in [0.4, 0.5) is 0 Å². The number of H-pyrrole nitrogens is 1. The smallest absolute Gasteiger partial charge is 0.343 e. The number of amides is 1. The van der Waals surface area contributed by atoms with Gasteiger partial charge < -0.3 is 9.88 Å². The molecule has 8 nitrogen and oxygen atoms in total. The molecule has 0 radical (unpaired) electrons. The molecule has 1 amide bonds. The summed E-state index contributed by atoms with van der Waals surface area (Å²) in [6.45, 7) is 0.780. The molecule has 8 heteroatoms. The molecule has 0 saturated carbocycles. The Morgan fingerprint density at radius 1 is 1.27 bits per heavy atom. The highest BCUT2D eigenvalue weighted by Gasteiger charge is 2.20. The molecule has 0 fully saturated rings. The van der Waals surface area contributed by atoms with Gasteiger partial charge >= 0.3 is 5.69 Å². The van der Waals surface area contributed by atoms with Crippen molar-refractivity contribution >= 4 is 5.91 Å². The number of aromatic amines is 1. The van der Waals surface area contributed by atoms with E-state index >= 15 is 0 Å². The molecular formula is C18H20N6O2. The van der Waals surface area contributed by atoms with Gasteiger partial charge in [0.25, 0.3) is 0 Å². The summed E-state index contributed by atoms with van der Waals surface area (Å²) in [7, 11) is 0. The average Bonchev–Trinajstić information content (AvgIpc) is 3.19. The van der Waals surface area contributed by atoms with E-state index in [1.165, 1.54) is 0 Å². The Balaban J connectivity index is 1.40. The molecule has 1 aliphatic rings. The molecule has 2 N–H and O–H groups in total. The van der Waals surface area contributed by atoms with Gasteiger partial charge in [-0.1, -0.05) is 30.3 Å². The summed E-state index contributed by atoms with van der Waals surface area (Å²) in [4.78, 5) is 28.5. The van der Waals surface area contributed by atoms with Gasteiger partial charge in [-0.3, -0.25) is 9.36 Å². The minimum Gasteiger partial charge on any atom is -0.352 e. The van der Waals surface area contributed by atoms with E-state index in [-0.39, 0.29) is 24.2 Å². The van der Waals surface area contributed by atoms with Crippen molar-refractivity contribution in [3.63, 3.8) is 0 Å². The van der Waals surface area contributed by atoms with E-state index in [2.05, 4.69) is 20.5 Å². The molecule has 3 heterocycles. The molecule has 3 aromatic rings. The zero-order valence-electron chi connectivity index (χ0n) is 14.3. The fraction of sp³-hybridized carbons (Fsp3) is 0.333. The lowest BCUT2D eigenvalue weighted by atomic mass is 10.1. The number of hydrogen-bond acceptors (Lipinski definition) is 4. The van der Waals surface area contributed by atoms with Crippen LogP contribution in [0, 0.1) is 0 Å². The van der Waals surface area contributed by atoms with E-state index in [0.29, 0.717) is 19.4 Å². The van der Waals surface area contributed by atoms with Crippen LogP contribution < -0.4 is 11.0 Å². The van der Waals surface area contributed by atoms with Crippen molar-refractivity contribution in [3.05, 3.63) is 59.0 Å². The maximum absolute atomic E-state index is 12.5. The van der Waals surface area contributed by atoms with Crippen LogP contribution in [-0.2, 0) is 24.3 Å². The first-order valence-electron chi connectivity index (χ1n) is 8.71. The molecule has 2 aromatic heterocycles. The number of benzene rings is 1. The number of aryl methyl sites for hydroxylation is 1. The largest absolute Gasteiger partial charge is 0.352 e. The molecule has 1 aliphatic heterocycles. The molecule has 1 unspecified atom stereocenters. The lowest BCUT2D eigenvalue weighted by Gasteiger charge is -2.16.